The van der Waals surface area contributed by atoms with Gasteiger partial charge in [-0.15, -0.1) is 0 Å². The summed E-state index contributed by atoms with van der Waals surface area (Å²) in [5, 5.41) is 36.0. The molecule has 32 heavy (non-hydrogen) atoms. The molecule has 12 nitrogen and oxygen atoms in total. The second-order valence-corrected chi connectivity index (χ2v) is 6.19. The summed E-state index contributed by atoms with van der Waals surface area (Å²) in [6.07, 6.45) is 0. The molecule has 0 unspecified atom stereocenters. The number of aromatic carboxylic acids is 2. The third kappa shape index (κ3) is 11.5. The summed E-state index contributed by atoms with van der Waals surface area (Å²) in [5.74, 6) is -2.58. The average Bonchev–Trinajstić information content (AvgIpc) is 2.77. The van der Waals surface area contributed by atoms with E-state index in [1.165, 1.54) is 6.07 Å². The molecule has 0 aliphatic heterocycles. The summed E-state index contributed by atoms with van der Waals surface area (Å²) < 4.78 is 31.2. The molecule has 0 heterocycles. The molecule has 4 N–H and O–H groups in total. The number of ether oxygens (including phenoxy) is 6. The first-order chi connectivity index (χ1) is 15.5. The number of rotatable bonds is 20. The molecule has 0 atom stereocenters. The molecule has 0 aromatic heterocycles. The van der Waals surface area contributed by atoms with Crippen LogP contribution in [0.2, 0.25) is 0 Å². The van der Waals surface area contributed by atoms with E-state index in [1.54, 1.807) is 0 Å². The topological polar surface area (TPSA) is 170 Å². The van der Waals surface area contributed by atoms with Gasteiger partial charge in [0.1, 0.15) is 13.6 Å². The Morgan fingerprint density at radius 2 is 1.19 bits per heavy atom. The maximum absolute atomic E-state index is 11.7. The van der Waals surface area contributed by atoms with Crippen LogP contribution in [0.1, 0.15) is 31.8 Å². The fourth-order valence-electron chi connectivity index (χ4n) is 2.45. The molecule has 1 aromatic rings. The summed E-state index contributed by atoms with van der Waals surface area (Å²) in [6.45, 7) is 0.693. The summed E-state index contributed by atoms with van der Waals surface area (Å²) in [5.41, 5.74) is 0.177. The largest absolute Gasteiger partial charge is 0.478 e. The van der Waals surface area contributed by atoms with Gasteiger partial charge >= 0.3 is 11.9 Å². The SMILES string of the molecule is O=C(O)c1cc(COCOCCOCCO)c(COCOCCOCCO)c(C(=O)O)c1. The van der Waals surface area contributed by atoms with Crippen molar-refractivity contribution in [1.29, 1.82) is 0 Å². The van der Waals surface area contributed by atoms with E-state index >= 15 is 0 Å². The third-order valence-corrected chi connectivity index (χ3v) is 3.87. The van der Waals surface area contributed by atoms with Crippen molar-refractivity contribution in [2.45, 2.75) is 13.2 Å². The summed E-state index contributed by atoms with van der Waals surface area (Å²) in [7, 11) is 0. The Morgan fingerprint density at radius 1 is 0.656 bits per heavy atom. The molecule has 0 bridgehead atoms. The highest BCUT2D eigenvalue weighted by Gasteiger charge is 2.19. The summed E-state index contributed by atoms with van der Waals surface area (Å²) >= 11 is 0. The van der Waals surface area contributed by atoms with Crippen LogP contribution < -0.4 is 0 Å². The predicted octanol–water partition coefficient (Wildman–Crippen LogP) is 0.0822. The van der Waals surface area contributed by atoms with Crippen LogP contribution in [0.5, 0.6) is 0 Å². The average molecular weight is 462 g/mol. The van der Waals surface area contributed by atoms with Gasteiger partial charge in [-0.1, -0.05) is 0 Å². The molecule has 0 aliphatic rings. The number of aliphatic hydroxyl groups excluding tert-OH is 2. The lowest BCUT2D eigenvalue weighted by Gasteiger charge is -2.15. The van der Waals surface area contributed by atoms with Crippen LogP contribution in [-0.4, -0.2) is 98.8 Å². The molecule has 1 aromatic carbocycles. The van der Waals surface area contributed by atoms with Gasteiger partial charge in [-0.05, 0) is 23.3 Å². The van der Waals surface area contributed by atoms with E-state index in [2.05, 4.69) is 0 Å². The van der Waals surface area contributed by atoms with Crippen LogP contribution in [0.4, 0.5) is 0 Å². The van der Waals surface area contributed by atoms with Crippen LogP contribution >= 0.6 is 0 Å². The first-order valence-corrected chi connectivity index (χ1v) is 9.81. The fraction of sp³-hybridized carbons (Fsp3) is 0.600. The molecule has 0 amide bonds. The zero-order valence-corrected chi connectivity index (χ0v) is 17.7. The zero-order valence-electron chi connectivity index (χ0n) is 17.7. The number of carboxylic acid groups (broad SMARTS) is 2. The number of carboxylic acids is 2. The highest BCUT2D eigenvalue weighted by atomic mass is 16.7. The number of benzene rings is 1. The summed E-state index contributed by atoms with van der Waals surface area (Å²) in [6, 6.07) is 2.38. The smallest absolute Gasteiger partial charge is 0.336 e. The molecular formula is C20H30O12. The number of hydrogen-bond donors (Lipinski definition) is 4. The van der Waals surface area contributed by atoms with Gasteiger partial charge in [0.25, 0.3) is 0 Å². The Kier molecular flexibility index (Phi) is 15.2. The van der Waals surface area contributed by atoms with Crippen molar-refractivity contribution in [2.75, 3.05) is 66.4 Å². The molecule has 0 aliphatic carbocycles. The minimum atomic E-state index is -1.30. The normalized spacial score (nSPS) is 11.1. The second kappa shape index (κ2) is 17.4. The van der Waals surface area contributed by atoms with Gasteiger partial charge < -0.3 is 48.8 Å². The lowest BCUT2D eigenvalue weighted by Crippen LogP contribution is -2.14. The fourth-order valence-corrected chi connectivity index (χ4v) is 2.45. The zero-order chi connectivity index (χ0) is 23.6. The molecule has 182 valence electrons. The van der Waals surface area contributed by atoms with Gasteiger partial charge in [-0.3, -0.25) is 0 Å². The van der Waals surface area contributed by atoms with Gasteiger partial charge in [-0.2, -0.15) is 0 Å². The molecule has 0 spiro atoms. The molecule has 0 saturated carbocycles. The monoisotopic (exact) mass is 462 g/mol. The lowest BCUT2D eigenvalue weighted by atomic mass is 9.98. The number of hydrogen-bond acceptors (Lipinski definition) is 10. The van der Waals surface area contributed by atoms with E-state index in [-0.39, 0.29) is 96.3 Å². The van der Waals surface area contributed by atoms with Gasteiger partial charge in [0.15, 0.2) is 0 Å². The Bertz CT molecular complexity index is 679. The van der Waals surface area contributed by atoms with Gasteiger partial charge in [0.05, 0.1) is 77.2 Å². The van der Waals surface area contributed by atoms with Crippen molar-refractivity contribution >= 4 is 11.9 Å². The van der Waals surface area contributed by atoms with Crippen molar-refractivity contribution in [3.05, 3.63) is 34.4 Å². The van der Waals surface area contributed by atoms with E-state index in [0.717, 1.165) is 6.07 Å². The van der Waals surface area contributed by atoms with E-state index in [0.29, 0.717) is 5.56 Å². The maximum atomic E-state index is 11.7. The van der Waals surface area contributed by atoms with Crippen molar-refractivity contribution < 1.29 is 58.4 Å². The predicted molar refractivity (Wildman–Crippen MR) is 107 cm³/mol. The van der Waals surface area contributed by atoms with Crippen LogP contribution in [0.15, 0.2) is 12.1 Å². The summed E-state index contributed by atoms with van der Waals surface area (Å²) in [4.78, 5) is 23.1. The Labute approximate surface area is 185 Å². The number of carbonyl (C=O) groups is 2. The Balaban J connectivity index is 2.67. The minimum Gasteiger partial charge on any atom is -0.478 e. The first-order valence-electron chi connectivity index (χ1n) is 9.81. The van der Waals surface area contributed by atoms with E-state index in [1.807, 2.05) is 0 Å². The van der Waals surface area contributed by atoms with Gasteiger partial charge in [0, 0.05) is 0 Å². The lowest BCUT2D eigenvalue weighted by molar-refractivity contribution is -0.0818. The van der Waals surface area contributed by atoms with E-state index in [9.17, 15) is 19.8 Å². The van der Waals surface area contributed by atoms with Crippen LogP contribution in [0, 0.1) is 0 Å². The molecule has 1 rings (SSSR count). The van der Waals surface area contributed by atoms with Crippen molar-refractivity contribution in [1.82, 2.24) is 0 Å². The maximum Gasteiger partial charge on any atom is 0.336 e. The van der Waals surface area contributed by atoms with E-state index < -0.39 is 11.9 Å². The standard InChI is InChI=1S/C20H30O12/c21-1-3-27-5-7-29-13-31-11-16-9-15(19(23)24)10-17(20(25)26)18(16)12-32-14-30-8-6-28-4-2-22/h9-10,21-22H,1-8,11-14H2,(H,23,24)(H,25,26). The van der Waals surface area contributed by atoms with Crippen molar-refractivity contribution in [2.24, 2.45) is 0 Å². The minimum absolute atomic E-state index is 0.0876. The molecule has 0 radical (unpaired) electrons. The Morgan fingerprint density at radius 3 is 1.69 bits per heavy atom. The van der Waals surface area contributed by atoms with E-state index in [4.69, 9.17) is 38.6 Å². The third-order valence-electron chi connectivity index (χ3n) is 3.87. The highest BCUT2D eigenvalue weighted by molar-refractivity contribution is 5.95. The van der Waals surface area contributed by atoms with Crippen LogP contribution in [0.25, 0.3) is 0 Å². The van der Waals surface area contributed by atoms with Crippen LogP contribution in [-0.2, 0) is 41.6 Å². The molecule has 12 heteroatoms. The van der Waals surface area contributed by atoms with Gasteiger partial charge in [0.2, 0.25) is 0 Å². The van der Waals surface area contributed by atoms with Crippen LogP contribution in [0.3, 0.4) is 0 Å². The van der Waals surface area contributed by atoms with Crippen molar-refractivity contribution in [3.63, 3.8) is 0 Å². The van der Waals surface area contributed by atoms with Crippen molar-refractivity contribution in [3.8, 4) is 0 Å². The van der Waals surface area contributed by atoms with Gasteiger partial charge in [-0.25, -0.2) is 9.59 Å². The molecular weight excluding hydrogens is 432 g/mol. The second-order valence-electron chi connectivity index (χ2n) is 6.19. The number of aliphatic hydroxyl groups is 2. The highest BCUT2D eigenvalue weighted by Crippen LogP contribution is 2.21. The first kappa shape index (κ1) is 27.9. The molecule has 0 fully saturated rings. The Hall–Kier alpha value is -2.16. The quantitative estimate of drug-likeness (QED) is 0.152. The molecule has 0 saturated heterocycles.